The highest BCUT2D eigenvalue weighted by Gasteiger charge is 2.14. The fourth-order valence-electron chi connectivity index (χ4n) is 1.34. The smallest absolute Gasteiger partial charge is 0.247 e. The van der Waals surface area contributed by atoms with E-state index >= 15 is 0 Å². The molecule has 0 saturated heterocycles. The van der Waals surface area contributed by atoms with Gasteiger partial charge in [-0.1, -0.05) is 0 Å². The molecule has 2 rings (SSSR count). The molecule has 0 saturated carbocycles. The number of aromatic nitrogens is 4. The molecule has 18 heavy (non-hydrogen) atoms. The number of nitrogens with two attached hydrogens (primary N) is 2. The molecule has 0 aliphatic carbocycles. The van der Waals surface area contributed by atoms with E-state index in [0.29, 0.717) is 0 Å². The Hall–Kier alpha value is -2.69. The van der Waals surface area contributed by atoms with Crippen molar-refractivity contribution >= 4 is 22.9 Å². The molecule has 0 aromatic carbocycles. The van der Waals surface area contributed by atoms with Crippen molar-refractivity contribution in [2.45, 2.75) is 20.0 Å². The van der Waals surface area contributed by atoms with Crippen LogP contribution < -0.4 is 16.2 Å². The van der Waals surface area contributed by atoms with Crippen LogP contribution in [0.1, 0.15) is 19.5 Å². The van der Waals surface area contributed by atoms with Crippen LogP contribution in [-0.4, -0.2) is 26.0 Å². The van der Waals surface area contributed by atoms with E-state index in [1.807, 2.05) is 19.9 Å². The molecule has 0 spiro atoms. The van der Waals surface area contributed by atoms with Crippen LogP contribution >= 0.6 is 0 Å². The van der Waals surface area contributed by atoms with Crippen LogP contribution in [0.5, 0.6) is 5.88 Å². The van der Waals surface area contributed by atoms with E-state index < -0.39 is 0 Å². The molecule has 8 nitrogen and oxygen atoms in total. The zero-order valence-electron chi connectivity index (χ0n) is 9.88. The standard InChI is InChI=1S/C10H11N7O/c1-4(2)18-9-6-8(16-10(13)17-9)15-7(12)5(3-11)14-6/h4H,1-2H3,(H4,12,13,15,16,17). The molecule has 0 bridgehead atoms. The van der Waals surface area contributed by atoms with Gasteiger partial charge in [0.15, 0.2) is 22.7 Å². The highest BCUT2D eigenvalue weighted by atomic mass is 16.5. The van der Waals surface area contributed by atoms with Crippen LogP contribution in [-0.2, 0) is 0 Å². The van der Waals surface area contributed by atoms with Crippen LogP contribution in [0.3, 0.4) is 0 Å². The first-order valence-corrected chi connectivity index (χ1v) is 5.18. The molecule has 0 atom stereocenters. The maximum atomic E-state index is 8.87. The second-order valence-electron chi connectivity index (χ2n) is 3.80. The van der Waals surface area contributed by atoms with E-state index in [4.69, 9.17) is 21.5 Å². The molecule has 0 fully saturated rings. The van der Waals surface area contributed by atoms with Gasteiger partial charge in [0.1, 0.15) is 6.07 Å². The Kier molecular flexibility index (Phi) is 2.81. The third kappa shape index (κ3) is 2.06. The fourth-order valence-corrected chi connectivity index (χ4v) is 1.34. The van der Waals surface area contributed by atoms with Crippen molar-refractivity contribution in [2.24, 2.45) is 0 Å². The van der Waals surface area contributed by atoms with Gasteiger partial charge in [0.25, 0.3) is 0 Å². The van der Waals surface area contributed by atoms with Gasteiger partial charge < -0.3 is 16.2 Å². The lowest BCUT2D eigenvalue weighted by Crippen LogP contribution is -2.11. The second-order valence-corrected chi connectivity index (χ2v) is 3.80. The van der Waals surface area contributed by atoms with Gasteiger partial charge in [-0.15, -0.1) is 0 Å². The fraction of sp³-hybridized carbons (Fsp3) is 0.300. The van der Waals surface area contributed by atoms with Gasteiger partial charge in [-0.3, -0.25) is 0 Å². The number of nitriles is 1. The SMILES string of the molecule is CC(C)Oc1nc(N)nc2nc(N)c(C#N)nc12. The molecule has 2 aromatic heterocycles. The molecule has 0 radical (unpaired) electrons. The number of rotatable bonds is 2. The zero-order valence-corrected chi connectivity index (χ0v) is 9.88. The molecular formula is C10H11N7O. The number of anilines is 2. The molecule has 92 valence electrons. The predicted octanol–water partition coefficient (Wildman–Crippen LogP) is 0.243. The molecule has 0 aliphatic rings. The molecule has 8 heteroatoms. The number of fused-ring (bicyclic) bond motifs is 1. The first-order valence-electron chi connectivity index (χ1n) is 5.18. The van der Waals surface area contributed by atoms with Crippen molar-refractivity contribution in [2.75, 3.05) is 11.5 Å². The van der Waals surface area contributed by atoms with Crippen molar-refractivity contribution < 1.29 is 4.74 Å². The molecule has 2 aromatic rings. The Morgan fingerprint density at radius 3 is 2.50 bits per heavy atom. The maximum absolute atomic E-state index is 8.87. The number of nitrogens with zero attached hydrogens (tertiary/aromatic N) is 5. The maximum Gasteiger partial charge on any atom is 0.247 e. The van der Waals surface area contributed by atoms with Gasteiger partial charge in [-0.05, 0) is 13.8 Å². The van der Waals surface area contributed by atoms with E-state index in [1.54, 1.807) is 0 Å². The predicted molar refractivity (Wildman–Crippen MR) is 64.4 cm³/mol. The van der Waals surface area contributed by atoms with Gasteiger partial charge in [-0.25, -0.2) is 9.97 Å². The minimum Gasteiger partial charge on any atom is -0.473 e. The normalized spacial score (nSPS) is 10.6. The summed E-state index contributed by atoms with van der Waals surface area (Å²) in [5, 5.41) is 8.87. The topological polar surface area (TPSA) is 137 Å². The van der Waals surface area contributed by atoms with Crippen molar-refractivity contribution in [3.05, 3.63) is 5.69 Å². The molecular weight excluding hydrogens is 234 g/mol. The van der Waals surface area contributed by atoms with Crippen LogP contribution in [0.4, 0.5) is 11.8 Å². The Morgan fingerprint density at radius 1 is 1.17 bits per heavy atom. The molecule has 4 N–H and O–H groups in total. The van der Waals surface area contributed by atoms with Crippen LogP contribution in [0.2, 0.25) is 0 Å². The van der Waals surface area contributed by atoms with Crippen molar-refractivity contribution in [3.8, 4) is 11.9 Å². The minimum atomic E-state index is -0.118. The van der Waals surface area contributed by atoms with Crippen LogP contribution in [0.25, 0.3) is 11.2 Å². The Morgan fingerprint density at radius 2 is 1.89 bits per heavy atom. The lowest BCUT2D eigenvalue weighted by Gasteiger charge is -2.10. The summed E-state index contributed by atoms with van der Waals surface area (Å²) < 4.78 is 5.46. The van der Waals surface area contributed by atoms with Crippen molar-refractivity contribution in [1.29, 1.82) is 5.26 Å². The van der Waals surface area contributed by atoms with Crippen molar-refractivity contribution in [3.63, 3.8) is 0 Å². The summed E-state index contributed by atoms with van der Waals surface area (Å²) in [6.07, 6.45) is -0.118. The zero-order chi connectivity index (χ0) is 13.3. The Bertz CT molecular complexity index is 647. The van der Waals surface area contributed by atoms with Crippen LogP contribution in [0, 0.1) is 11.3 Å². The highest BCUT2D eigenvalue weighted by Crippen LogP contribution is 2.22. The average Bonchev–Trinajstić information content (AvgIpc) is 2.27. The van der Waals surface area contributed by atoms with Gasteiger partial charge in [0, 0.05) is 0 Å². The third-order valence-electron chi connectivity index (χ3n) is 2.00. The molecule has 0 amide bonds. The Balaban J connectivity index is 2.73. The van der Waals surface area contributed by atoms with Gasteiger partial charge in [0.2, 0.25) is 11.8 Å². The number of ether oxygens (including phenoxy) is 1. The van der Waals surface area contributed by atoms with E-state index in [0.717, 1.165) is 0 Å². The summed E-state index contributed by atoms with van der Waals surface area (Å²) in [5.41, 5.74) is 11.6. The molecule has 0 aliphatic heterocycles. The second kappa shape index (κ2) is 4.29. The molecule has 2 heterocycles. The lowest BCUT2D eigenvalue weighted by molar-refractivity contribution is 0.235. The first-order chi connectivity index (χ1) is 8.51. The van der Waals surface area contributed by atoms with E-state index in [-0.39, 0.29) is 40.6 Å². The minimum absolute atomic E-state index is 0.00130. The van der Waals surface area contributed by atoms with E-state index in [9.17, 15) is 0 Å². The summed E-state index contributed by atoms with van der Waals surface area (Å²) in [6.45, 7) is 3.67. The number of hydrogen-bond donors (Lipinski definition) is 2. The van der Waals surface area contributed by atoms with Gasteiger partial charge >= 0.3 is 0 Å². The average molecular weight is 245 g/mol. The van der Waals surface area contributed by atoms with E-state index in [1.165, 1.54) is 0 Å². The monoisotopic (exact) mass is 245 g/mol. The van der Waals surface area contributed by atoms with Gasteiger partial charge in [0.05, 0.1) is 6.10 Å². The summed E-state index contributed by atoms with van der Waals surface area (Å²) in [7, 11) is 0. The lowest BCUT2D eigenvalue weighted by atomic mass is 10.4. The van der Waals surface area contributed by atoms with Crippen LogP contribution in [0.15, 0.2) is 0 Å². The highest BCUT2D eigenvalue weighted by molar-refractivity contribution is 5.79. The summed E-state index contributed by atoms with van der Waals surface area (Å²) >= 11 is 0. The largest absolute Gasteiger partial charge is 0.473 e. The Labute approximate surface area is 103 Å². The number of nitrogen functional groups attached to an aromatic ring is 2. The first kappa shape index (κ1) is 11.8. The van der Waals surface area contributed by atoms with Crippen molar-refractivity contribution in [1.82, 2.24) is 19.9 Å². The summed E-state index contributed by atoms with van der Waals surface area (Å²) in [5.74, 6) is 0.201. The van der Waals surface area contributed by atoms with Gasteiger partial charge in [-0.2, -0.15) is 15.2 Å². The summed E-state index contributed by atoms with van der Waals surface area (Å²) in [4.78, 5) is 15.8. The quantitative estimate of drug-likeness (QED) is 0.767. The molecule has 0 unspecified atom stereocenters. The van der Waals surface area contributed by atoms with E-state index in [2.05, 4.69) is 19.9 Å². The summed E-state index contributed by atoms with van der Waals surface area (Å²) in [6, 6.07) is 1.84. The number of hydrogen-bond acceptors (Lipinski definition) is 8. The third-order valence-corrected chi connectivity index (χ3v) is 2.00.